The lowest BCUT2D eigenvalue weighted by atomic mass is 9.94. The second kappa shape index (κ2) is 4.98. The molecule has 0 amide bonds. The standard InChI is InChI=1S/C14H21NO/c1-14(2)10-13(8-9-16-14)15-11-12-6-4-3-5-7-12/h3-7,13,15H,8-11H2,1-2H3/t13-/m1/s1. The van der Waals surface area contributed by atoms with Crippen molar-refractivity contribution in [1.82, 2.24) is 5.32 Å². The minimum atomic E-state index is 0.0343. The lowest BCUT2D eigenvalue weighted by Crippen LogP contribution is -2.43. The van der Waals surface area contributed by atoms with Gasteiger partial charge in [-0.1, -0.05) is 30.3 Å². The molecular weight excluding hydrogens is 198 g/mol. The summed E-state index contributed by atoms with van der Waals surface area (Å²) >= 11 is 0. The van der Waals surface area contributed by atoms with Crippen LogP contribution in [0.15, 0.2) is 30.3 Å². The first-order valence-corrected chi connectivity index (χ1v) is 6.07. The van der Waals surface area contributed by atoms with Gasteiger partial charge in [0.25, 0.3) is 0 Å². The molecule has 2 rings (SSSR count). The predicted molar refractivity (Wildman–Crippen MR) is 66.3 cm³/mol. The van der Waals surface area contributed by atoms with Crippen LogP contribution in [0.25, 0.3) is 0 Å². The summed E-state index contributed by atoms with van der Waals surface area (Å²) in [4.78, 5) is 0. The minimum Gasteiger partial charge on any atom is -0.375 e. The van der Waals surface area contributed by atoms with Crippen molar-refractivity contribution in [2.24, 2.45) is 0 Å². The molecule has 1 aromatic carbocycles. The molecule has 1 N–H and O–H groups in total. The van der Waals surface area contributed by atoms with Crippen molar-refractivity contribution in [3.8, 4) is 0 Å². The van der Waals surface area contributed by atoms with Gasteiger partial charge in [-0.15, -0.1) is 0 Å². The molecule has 16 heavy (non-hydrogen) atoms. The summed E-state index contributed by atoms with van der Waals surface area (Å²) in [5, 5.41) is 3.61. The molecule has 0 bridgehead atoms. The largest absolute Gasteiger partial charge is 0.375 e. The van der Waals surface area contributed by atoms with E-state index in [9.17, 15) is 0 Å². The third-order valence-electron chi connectivity index (χ3n) is 3.13. The van der Waals surface area contributed by atoms with Crippen molar-refractivity contribution in [3.63, 3.8) is 0 Å². The van der Waals surface area contributed by atoms with Gasteiger partial charge in [0.05, 0.1) is 5.60 Å². The van der Waals surface area contributed by atoms with Crippen LogP contribution in [0.2, 0.25) is 0 Å². The molecule has 0 unspecified atom stereocenters. The van der Waals surface area contributed by atoms with Crippen LogP contribution in [0.5, 0.6) is 0 Å². The number of hydrogen-bond donors (Lipinski definition) is 1. The van der Waals surface area contributed by atoms with Crippen LogP contribution >= 0.6 is 0 Å². The van der Waals surface area contributed by atoms with Crippen LogP contribution in [0.1, 0.15) is 32.3 Å². The van der Waals surface area contributed by atoms with Crippen LogP contribution in [-0.2, 0) is 11.3 Å². The highest BCUT2D eigenvalue weighted by molar-refractivity contribution is 5.14. The van der Waals surface area contributed by atoms with Gasteiger partial charge >= 0.3 is 0 Å². The Bertz CT molecular complexity index is 321. The van der Waals surface area contributed by atoms with Crippen LogP contribution in [0.4, 0.5) is 0 Å². The smallest absolute Gasteiger partial charge is 0.0641 e. The van der Waals surface area contributed by atoms with Gasteiger partial charge < -0.3 is 10.1 Å². The molecule has 1 aliphatic rings. The zero-order valence-corrected chi connectivity index (χ0v) is 10.2. The Morgan fingerprint density at radius 3 is 2.75 bits per heavy atom. The number of nitrogens with one attached hydrogen (secondary N) is 1. The fourth-order valence-corrected chi connectivity index (χ4v) is 2.26. The Morgan fingerprint density at radius 2 is 2.06 bits per heavy atom. The molecule has 0 spiro atoms. The van der Waals surface area contributed by atoms with Gasteiger partial charge in [-0.25, -0.2) is 0 Å². The van der Waals surface area contributed by atoms with Crippen LogP contribution in [-0.4, -0.2) is 18.2 Å². The monoisotopic (exact) mass is 219 g/mol. The topological polar surface area (TPSA) is 21.3 Å². The van der Waals surface area contributed by atoms with Gasteiger partial charge in [0.1, 0.15) is 0 Å². The van der Waals surface area contributed by atoms with Gasteiger partial charge in [-0.2, -0.15) is 0 Å². The van der Waals surface area contributed by atoms with E-state index in [0.717, 1.165) is 26.0 Å². The molecule has 0 saturated carbocycles. The van der Waals surface area contributed by atoms with E-state index in [2.05, 4.69) is 49.5 Å². The first-order chi connectivity index (χ1) is 7.66. The van der Waals surface area contributed by atoms with E-state index in [1.54, 1.807) is 0 Å². The molecule has 1 fully saturated rings. The first-order valence-electron chi connectivity index (χ1n) is 6.07. The van der Waals surface area contributed by atoms with Gasteiger partial charge in [0.2, 0.25) is 0 Å². The fourth-order valence-electron chi connectivity index (χ4n) is 2.26. The lowest BCUT2D eigenvalue weighted by Gasteiger charge is -2.36. The van der Waals surface area contributed by atoms with Crippen LogP contribution < -0.4 is 5.32 Å². The van der Waals surface area contributed by atoms with Crippen molar-refractivity contribution in [2.45, 2.75) is 44.9 Å². The third kappa shape index (κ3) is 3.32. The highest BCUT2D eigenvalue weighted by atomic mass is 16.5. The molecule has 2 nitrogen and oxygen atoms in total. The zero-order chi connectivity index (χ0) is 11.4. The summed E-state index contributed by atoms with van der Waals surface area (Å²) in [6, 6.07) is 11.1. The number of ether oxygens (including phenoxy) is 1. The average Bonchev–Trinajstić information content (AvgIpc) is 2.27. The van der Waals surface area contributed by atoms with Crippen LogP contribution in [0.3, 0.4) is 0 Å². The minimum absolute atomic E-state index is 0.0343. The molecule has 1 saturated heterocycles. The number of benzene rings is 1. The Labute approximate surface area is 98.0 Å². The molecule has 1 aromatic rings. The average molecular weight is 219 g/mol. The molecule has 0 radical (unpaired) electrons. The maximum atomic E-state index is 5.71. The van der Waals surface area contributed by atoms with Gasteiger partial charge in [0.15, 0.2) is 0 Å². The van der Waals surface area contributed by atoms with E-state index in [1.165, 1.54) is 5.56 Å². The van der Waals surface area contributed by atoms with Crippen molar-refractivity contribution in [1.29, 1.82) is 0 Å². The maximum Gasteiger partial charge on any atom is 0.0641 e. The van der Waals surface area contributed by atoms with E-state index in [1.807, 2.05) is 0 Å². The van der Waals surface area contributed by atoms with Gasteiger partial charge in [-0.05, 0) is 32.3 Å². The van der Waals surface area contributed by atoms with Gasteiger partial charge in [0, 0.05) is 19.2 Å². The van der Waals surface area contributed by atoms with Crippen molar-refractivity contribution < 1.29 is 4.74 Å². The molecule has 88 valence electrons. The molecule has 1 atom stereocenters. The molecule has 2 heteroatoms. The summed E-state index contributed by atoms with van der Waals surface area (Å²) < 4.78 is 5.71. The Hall–Kier alpha value is -0.860. The van der Waals surface area contributed by atoms with Gasteiger partial charge in [-0.3, -0.25) is 0 Å². The molecular formula is C14H21NO. The quantitative estimate of drug-likeness (QED) is 0.844. The second-order valence-corrected chi connectivity index (χ2v) is 5.16. The van der Waals surface area contributed by atoms with Crippen molar-refractivity contribution in [2.75, 3.05) is 6.61 Å². The summed E-state index contributed by atoms with van der Waals surface area (Å²) in [7, 11) is 0. The van der Waals surface area contributed by atoms with Crippen molar-refractivity contribution >= 4 is 0 Å². The summed E-state index contributed by atoms with van der Waals surface area (Å²) in [5.41, 5.74) is 1.39. The molecule has 0 aromatic heterocycles. The Kier molecular flexibility index (Phi) is 3.62. The van der Waals surface area contributed by atoms with Crippen LogP contribution in [0, 0.1) is 0 Å². The van der Waals surface area contributed by atoms with E-state index in [-0.39, 0.29) is 5.60 Å². The second-order valence-electron chi connectivity index (χ2n) is 5.16. The van der Waals surface area contributed by atoms with E-state index in [4.69, 9.17) is 4.74 Å². The SMILES string of the molecule is CC1(C)C[C@H](NCc2ccccc2)CCO1. The first kappa shape index (κ1) is 11.6. The summed E-state index contributed by atoms with van der Waals surface area (Å²) in [6.45, 7) is 6.17. The normalized spacial score (nSPS) is 24.2. The van der Waals surface area contributed by atoms with E-state index >= 15 is 0 Å². The van der Waals surface area contributed by atoms with E-state index < -0.39 is 0 Å². The Morgan fingerprint density at radius 1 is 1.31 bits per heavy atom. The highest BCUT2D eigenvalue weighted by Crippen LogP contribution is 2.24. The summed E-state index contributed by atoms with van der Waals surface area (Å²) in [5.74, 6) is 0. The van der Waals surface area contributed by atoms with E-state index in [0.29, 0.717) is 6.04 Å². The Balaban J connectivity index is 1.82. The fraction of sp³-hybridized carbons (Fsp3) is 0.571. The molecule has 1 aliphatic heterocycles. The number of rotatable bonds is 3. The summed E-state index contributed by atoms with van der Waals surface area (Å²) in [6.07, 6.45) is 2.22. The van der Waals surface area contributed by atoms with Crippen molar-refractivity contribution in [3.05, 3.63) is 35.9 Å². The zero-order valence-electron chi connectivity index (χ0n) is 10.2. The molecule has 0 aliphatic carbocycles. The predicted octanol–water partition coefficient (Wildman–Crippen LogP) is 2.73. The number of hydrogen-bond acceptors (Lipinski definition) is 2. The highest BCUT2D eigenvalue weighted by Gasteiger charge is 2.28. The molecule has 1 heterocycles. The third-order valence-corrected chi connectivity index (χ3v) is 3.13. The lowest BCUT2D eigenvalue weighted by molar-refractivity contribution is -0.0630. The maximum absolute atomic E-state index is 5.71.